The van der Waals surface area contributed by atoms with Gasteiger partial charge in [0.15, 0.2) is 0 Å². The fourth-order valence-corrected chi connectivity index (χ4v) is 6.10. The van der Waals surface area contributed by atoms with Crippen LogP contribution in [-0.2, 0) is 27.2 Å². The maximum Gasteiger partial charge on any atom is 0.330 e. The largest absolute Gasteiger partial charge is 0.427 e. The van der Waals surface area contributed by atoms with Crippen molar-refractivity contribution in [2.45, 2.75) is 108 Å². The van der Waals surface area contributed by atoms with Crippen molar-refractivity contribution >= 4 is 42.6 Å². The maximum absolute atomic E-state index is 11.6. The van der Waals surface area contributed by atoms with E-state index in [2.05, 4.69) is 57.3 Å². The average molecular weight is 637 g/mol. The number of ether oxygens (including phenoxy) is 1. The number of alkyl halides is 1. The number of likely N-dealkylation sites (tertiary alicyclic amines) is 1. The SMILES string of the molecule is COC(CCCc1ccc([B]OC(C)(C)C(C)(C)O)cc1)N1CCCC(c2cc3c(n2CCNC(C)=O)C=CC(C)(Cl)C=C3)C1. The molecule has 2 heterocycles. The minimum absolute atomic E-state index is 0.0140. The highest BCUT2D eigenvalue weighted by atomic mass is 35.5. The first-order valence-electron chi connectivity index (χ1n) is 16.3. The smallest absolute Gasteiger partial charge is 0.330 e. The van der Waals surface area contributed by atoms with E-state index in [0.29, 0.717) is 19.0 Å². The number of nitrogens with zero attached hydrogens (tertiary/aromatic N) is 2. The number of benzene rings is 1. The van der Waals surface area contributed by atoms with Crippen LogP contribution < -0.4 is 10.8 Å². The van der Waals surface area contributed by atoms with E-state index in [0.717, 1.165) is 56.4 Å². The molecule has 1 radical (unpaired) electrons. The van der Waals surface area contributed by atoms with E-state index >= 15 is 0 Å². The number of hydrogen-bond donors (Lipinski definition) is 2. The lowest BCUT2D eigenvalue weighted by Gasteiger charge is -2.38. The summed E-state index contributed by atoms with van der Waals surface area (Å²) in [5.41, 5.74) is 4.25. The molecule has 0 spiro atoms. The summed E-state index contributed by atoms with van der Waals surface area (Å²) in [6.07, 6.45) is 13.6. The van der Waals surface area contributed by atoms with Gasteiger partial charge in [-0.2, -0.15) is 0 Å². The van der Waals surface area contributed by atoms with Gasteiger partial charge >= 0.3 is 7.48 Å². The highest BCUT2D eigenvalue weighted by Gasteiger charge is 2.35. The molecule has 1 aliphatic heterocycles. The molecule has 2 N–H and O–H groups in total. The van der Waals surface area contributed by atoms with Gasteiger partial charge in [-0.15, -0.1) is 11.6 Å². The summed E-state index contributed by atoms with van der Waals surface area (Å²) in [5, 5.41) is 13.3. The molecule has 4 rings (SSSR count). The van der Waals surface area contributed by atoms with Gasteiger partial charge in [0.1, 0.15) is 6.23 Å². The Hall–Kier alpha value is -2.36. The first-order valence-corrected chi connectivity index (χ1v) is 16.7. The number of rotatable bonds is 14. The van der Waals surface area contributed by atoms with Crippen molar-refractivity contribution in [3.05, 3.63) is 65.0 Å². The molecular weight excluding hydrogens is 585 g/mol. The molecule has 3 atom stereocenters. The topological polar surface area (TPSA) is 76.0 Å². The number of fused-ring (bicyclic) bond motifs is 1. The van der Waals surface area contributed by atoms with E-state index in [1.165, 1.54) is 16.8 Å². The summed E-state index contributed by atoms with van der Waals surface area (Å²) in [7, 11) is 3.55. The Morgan fingerprint density at radius 3 is 2.58 bits per heavy atom. The van der Waals surface area contributed by atoms with E-state index < -0.39 is 16.1 Å². The van der Waals surface area contributed by atoms with Crippen LogP contribution in [0.3, 0.4) is 0 Å². The molecule has 7 nitrogen and oxygen atoms in total. The first-order chi connectivity index (χ1) is 21.2. The number of carbonyl (C=O) groups excluding carboxylic acids is 1. The van der Waals surface area contributed by atoms with Crippen molar-refractivity contribution in [2.24, 2.45) is 0 Å². The number of hydrogen-bond acceptors (Lipinski definition) is 5. The van der Waals surface area contributed by atoms with E-state index in [4.69, 9.17) is 21.0 Å². The predicted octanol–water partition coefficient (Wildman–Crippen LogP) is 5.65. The quantitative estimate of drug-likeness (QED) is 0.207. The second-order valence-electron chi connectivity index (χ2n) is 13.8. The normalized spacial score (nSPS) is 21.3. The first kappa shape index (κ1) is 35.5. The van der Waals surface area contributed by atoms with Crippen LogP contribution in [0.15, 0.2) is 42.5 Å². The molecule has 45 heavy (non-hydrogen) atoms. The Morgan fingerprint density at radius 2 is 1.91 bits per heavy atom. The number of piperidine rings is 1. The molecule has 3 unspecified atom stereocenters. The third-order valence-corrected chi connectivity index (χ3v) is 9.73. The molecule has 2 aromatic rings. The lowest BCUT2D eigenvalue weighted by molar-refractivity contribution is -0.118. The van der Waals surface area contributed by atoms with Gasteiger partial charge in [-0.05, 0) is 90.0 Å². The van der Waals surface area contributed by atoms with Gasteiger partial charge in [-0.3, -0.25) is 9.69 Å². The number of aliphatic hydroxyl groups is 1. The fourth-order valence-electron chi connectivity index (χ4n) is 5.97. The lowest BCUT2D eigenvalue weighted by Crippen LogP contribution is -2.49. The highest BCUT2D eigenvalue weighted by Crippen LogP contribution is 2.35. The van der Waals surface area contributed by atoms with E-state index in [9.17, 15) is 9.90 Å². The van der Waals surface area contributed by atoms with Crippen LogP contribution in [0.4, 0.5) is 0 Å². The molecule has 1 amide bonds. The van der Waals surface area contributed by atoms with Gasteiger partial charge in [-0.25, -0.2) is 0 Å². The van der Waals surface area contributed by atoms with Crippen LogP contribution >= 0.6 is 11.6 Å². The molecule has 1 aliphatic carbocycles. The number of halogens is 1. The number of allylic oxidation sites excluding steroid dienone is 2. The van der Waals surface area contributed by atoms with Gasteiger partial charge < -0.3 is 24.4 Å². The molecule has 0 saturated carbocycles. The van der Waals surface area contributed by atoms with Crippen molar-refractivity contribution in [3.63, 3.8) is 0 Å². The number of nitrogens with one attached hydrogen (secondary N) is 1. The van der Waals surface area contributed by atoms with E-state index in [-0.39, 0.29) is 12.1 Å². The van der Waals surface area contributed by atoms with Crippen LogP contribution in [0, 0.1) is 0 Å². The Morgan fingerprint density at radius 1 is 1.20 bits per heavy atom. The van der Waals surface area contributed by atoms with Crippen LogP contribution in [0.25, 0.3) is 12.2 Å². The Kier molecular flexibility index (Phi) is 11.9. The summed E-state index contributed by atoms with van der Waals surface area (Å²) < 4.78 is 14.3. The molecule has 2 aliphatic rings. The minimum Gasteiger partial charge on any atom is -0.427 e. The molecule has 1 aromatic heterocycles. The van der Waals surface area contributed by atoms with Gasteiger partial charge in [0.05, 0.1) is 16.1 Å². The van der Waals surface area contributed by atoms with Crippen LogP contribution in [0.5, 0.6) is 0 Å². The average Bonchev–Trinajstić information content (AvgIpc) is 3.25. The molecule has 1 saturated heterocycles. The van der Waals surface area contributed by atoms with Crippen molar-refractivity contribution in [1.82, 2.24) is 14.8 Å². The Labute approximate surface area is 276 Å². The highest BCUT2D eigenvalue weighted by molar-refractivity contribution is 6.47. The van der Waals surface area contributed by atoms with Crippen molar-refractivity contribution < 1.29 is 19.3 Å². The van der Waals surface area contributed by atoms with Gasteiger partial charge in [-0.1, -0.05) is 48.0 Å². The molecule has 245 valence electrons. The van der Waals surface area contributed by atoms with Crippen molar-refractivity contribution in [3.8, 4) is 0 Å². The van der Waals surface area contributed by atoms with Crippen LogP contribution in [-0.4, -0.2) is 77.0 Å². The number of aromatic nitrogens is 1. The lowest BCUT2D eigenvalue weighted by atomic mass is 9.82. The van der Waals surface area contributed by atoms with Crippen LogP contribution in [0.2, 0.25) is 0 Å². The Balaban J connectivity index is 1.37. The predicted molar refractivity (Wildman–Crippen MR) is 186 cm³/mol. The zero-order valence-corrected chi connectivity index (χ0v) is 29.0. The molecule has 1 fully saturated rings. The maximum atomic E-state index is 11.6. The number of aryl methyl sites for hydroxylation is 1. The number of methoxy groups -OCH3 is 1. The van der Waals surface area contributed by atoms with Gasteiger partial charge in [0.2, 0.25) is 5.91 Å². The second kappa shape index (κ2) is 15.0. The Bertz CT molecular complexity index is 1340. The van der Waals surface area contributed by atoms with Crippen molar-refractivity contribution in [2.75, 3.05) is 26.7 Å². The van der Waals surface area contributed by atoms with Gasteiger partial charge in [0.25, 0.3) is 0 Å². The monoisotopic (exact) mass is 636 g/mol. The molecule has 9 heteroatoms. The van der Waals surface area contributed by atoms with E-state index in [1.807, 2.05) is 40.0 Å². The summed E-state index contributed by atoms with van der Waals surface area (Å²) in [5.74, 6) is 0.358. The molecule has 1 aromatic carbocycles. The summed E-state index contributed by atoms with van der Waals surface area (Å²) >= 11 is 6.63. The zero-order chi connectivity index (χ0) is 32.8. The molecular formula is C36H52BClN3O4. The summed E-state index contributed by atoms with van der Waals surface area (Å²) in [6.45, 7) is 14.1. The zero-order valence-electron chi connectivity index (χ0n) is 28.2. The standard InChI is InChI=1S/C36H52BClN3O4/c1-26(42)39-21-23-41-31-18-20-36(6,38)19-17-28(31)24-32(41)29-11-9-22-40(25-29)33(44-7)12-8-10-27-13-15-30(16-14-27)37-45-35(4,5)34(2,3)43/h13-20,24,29,33,43H,8-12,21-23,25H2,1-7H3,(H,39,42). The van der Waals surface area contributed by atoms with Gasteiger partial charge in [0, 0.05) is 57.5 Å². The number of carbonyl (C=O) groups is 1. The summed E-state index contributed by atoms with van der Waals surface area (Å²) in [4.78, 5) is 13.6. The van der Waals surface area contributed by atoms with E-state index in [1.54, 1.807) is 28.3 Å². The fraction of sp³-hybridized carbons (Fsp3) is 0.583. The molecule has 0 bridgehead atoms. The summed E-state index contributed by atoms with van der Waals surface area (Å²) in [6, 6.07) is 10.8. The van der Waals surface area contributed by atoms with Crippen LogP contribution in [0.1, 0.15) is 95.7 Å². The second-order valence-corrected chi connectivity index (χ2v) is 14.6. The number of amides is 1. The third-order valence-electron chi connectivity index (χ3n) is 9.48. The minimum atomic E-state index is -0.950. The third kappa shape index (κ3) is 9.58. The van der Waals surface area contributed by atoms with Crippen molar-refractivity contribution in [1.29, 1.82) is 0 Å².